The van der Waals surface area contributed by atoms with Gasteiger partial charge in [-0.2, -0.15) is 0 Å². The van der Waals surface area contributed by atoms with Crippen molar-refractivity contribution in [3.05, 3.63) is 28.5 Å². The van der Waals surface area contributed by atoms with Gasteiger partial charge in [0.15, 0.2) is 5.82 Å². The Bertz CT molecular complexity index is 532. The van der Waals surface area contributed by atoms with Crippen molar-refractivity contribution in [2.24, 2.45) is 0 Å². The van der Waals surface area contributed by atoms with E-state index in [4.69, 9.17) is 4.74 Å². The fraction of sp³-hybridized carbons (Fsp3) is 0.500. The third-order valence-corrected chi connectivity index (χ3v) is 3.41. The minimum absolute atomic E-state index is 0.405. The topological polar surface area (TPSA) is 72.0 Å². The van der Waals surface area contributed by atoms with E-state index in [1.807, 2.05) is 11.6 Å². The molecule has 2 rings (SSSR count). The fourth-order valence-corrected chi connectivity index (χ4v) is 2.40. The SMILES string of the molecule is CCCNc1cc(NCCc2cscn2)nc(COC)n1. The van der Waals surface area contributed by atoms with Crippen LogP contribution in [0.15, 0.2) is 17.0 Å². The molecule has 0 aliphatic heterocycles. The number of nitrogens with zero attached hydrogens (tertiary/aromatic N) is 3. The summed E-state index contributed by atoms with van der Waals surface area (Å²) in [7, 11) is 1.64. The van der Waals surface area contributed by atoms with Crippen molar-refractivity contribution >= 4 is 23.0 Å². The van der Waals surface area contributed by atoms with Gasteiger partial charge in [-0.15, -0.1) is 11.3 Å². The standard InChI is InChI=1S/C14H21N5OS/c1-3-5-15-12-7-13(19-14(18-12)8-20-2)16-6-4-11-9-21-10-17-11/h7,9-10H,3-6,8H2,1-2H3,(H2,15,16,18,19). The van der Waals surface area contributed by atoms with E-state index in [9.17, 15) is 0 Å². The number of aromatic nitrogens is 3. The molecule has 0 aliphatic rings. The second kappa shape index (κ2) is 8.53. The summed E-state index contributed by atoms with van der Waals surface area (Å²) in [5, 5.41) is 8.66. The van der Waals surface area contributed by atoms with Crippen molar-refractivity contribution < 1.29 is 4.74 Å². The highest BCUT2D eigenvalue weighted by atomic mass is 32.1. The molecule has 0 atom stereocenters. The quantitative estimate of drug-likeness (QED) is 0.742. The van der Waals surface area contributed by atoms with Gasteiger partial charge in [0.2, 0.25) is 0 Å². The average molecular weight is 307 g/mol. The molecule has 7 heteroatoms. The Kier molecular flexibility index (Phi) is 6.36. The molecule has 0 fully saturated rings. The molecule has 2 heterocycles. The highest BCUT2D eigenvalue weighted by molar-refractivity contribution is 7.07. The van der Waals surface area contributed by atoms with E-state index < -0.39 is 0 Å². The minimum Gasteiger partial charge on any atom is -0.377 e. The van der Waals surface area contributed by atoms with Crippen LogP contribution in [-0.2, 0) is 17.8 Å². The van der Waals surface area contributed by atoms with Crippen LogP contribution in [-0.4, -0.2) is 35.2 Å². The van der Waals surface area contributed by atoms with E-state index in [-0.39, 0.29) is 0 Å². The van der Waals surface area contributed by atoms with Gasteiger partial charge in [-0.3, -0.25) is 0 Å². The molecule has 0 unspecified atom stereocenters. The van der Waals surface area contributed by atoms with E-state index in [2.05, 4.69) is 37.9 Å². The highest BCUT2D eigenvalue weighted by Crippen LogP contribution is 2.12. The van der Waals surface area contributed by atoms with Gasteiger partial charge in [-0.1, -0.05) is 6.92 Å². The molecule has 0 saturated heterocycles. The zero-order chi connectivity index (χ0) is 14.9. The number of thiazole rings is 1. The number of hydrogen-bond donors (Lipinski definition) is 2. The molecule has 0 radical (unpaired) electrons. The lowest BCUT2D eigenvalue weighted by Gasteiger charge is -2.10. The van der Waals surface area contributed by atoms with Crippen molar-refractivity contribution in [3.8, 4) is 0 Å². The number of rotatable bonds is 9. The first-order valence-corrected chi connectivity index (χ1v) is 7.97. The first-order valence-electron chi connectivity index (χ1n) is 7.03. The summed E-state index contributed by atoms with van der Waals surface area (Å²) in [6.07, 6.45) is 1.93. The lowest BCUT2D eigenvalue weighted by atomic mass is 10.3. The smallest absolute Gasteiger partial charge is 0.158 e. The van der Waals surface area contributed by atoms with E-state index in [1.54, 1.807) is 18.4 Å². The van der Waals surface area contributed by atoms with Gasteiger partial charge in [0, 0.05) is 38.1 Å². The van der Waals surface area contributed by atoms with E-state index in [0.29, 0.717) is 12.4 Å². The van der Waals surface area contributed by atoms with E-state index in [0.717, 1.165) is 43.3 Å². The molecule has 0 aromatic carbocycles. The summed E-state index contributed by atoms with van der Waals surface area (Å²) in [6, 6.07) is 1.93. The molecule has 2 N–H and O–H groups in total. The Morgan fingerprint density at radius 2 is 1.95 bits per heavy atom. The van der Waals surface area contributed by atoms with Crippen LogP contribution in [0.25, 0.3) is 0 Å². The first-order chi connectivity index (χ1) is 10.3. The monoisotopic (exact) mass is 307 g/mol. The third kappa shape index (κ3) is 5.28. The molecule has 0 spiro atoms. The van der Waals surface area contributed by atoms with Crippen molar-refractivity contribution in [2.45, 2.75) is 26.4 Å². The predicted octanol–water partition coefficient (Wildman–Crippen LogP) is 2.56. The molecular formula is C14H21N5OS. The van der Waals surface area contributed by atoms with Crippen LogP contribution in [0, 0.1) is 0 Å². The van der Waals surface area contributed by atoms with Crippen LogP contribution in [0.5, 0.6) is 0 Å². The maximum atomic E-state index is 5.12. The van der Waals surface area contributed by atoms with E-state index in [1.165, 1.54) is 0 Å². The number of anilines is 2. The summed E-state index contributed by atoms with van der Waals surface area (Å²) in [5.41, 5.74) is 2.95. The van der Waals surface area contributed by atoms with Crippen LogP contribution < -0.4 is 10.6 Å². The number of methoxy groups -OCH3 is 1. The van der Waals surface area contributed by atoms with Gasteiger partial charge in [-0.05, 0) is 6.42 Å². The largest absolute Gasteiger partial charge is 0.377 e. The first kappa shape index (κ1) is 15.7. The third-order valence-electron chi connectivity index (χ3n) is 2.77. The van der Waals surface area contributed by atoms with Crippen molar-refractivity contribution in [1.82, 2.24) is 15.0 Å². The maximum absolute atomic E-state index is 5.12. The molecule has 2 aromatic heterocycles. The molecule has 0 aliphatic carbocycles. The van der Waals surface area contributed by atoms with Crippen LogP contribution in [0.1, 0.15) is 24.9 Å². The molecular weight excluding hydrogens is 286 g/mol. The summed E-state index contributed by atoms with van der Waals surface area (Å²) in [4.78, 5) is 13.1. The van der Waals surface area contributed by atoms with Crippen molar-refractivity contribution in [2.75, 3.05) is 30.8 Å². The van der Waals surface area contributed by atoms with Crippen LogP contribution in [0.2, 0.25) is 0 Å². The zero-order valence-electron chi connectivity index (χ0n) is 12.4. The molecule has 21 heavy (non-hydrogen) atoms. The maximum Gasteiger partial charge on any atom is 0.158 e. The van der Waals surface area contributed by atoms with Crippen LogP contribution >= 0.6 is 11.3 Å². The van der Waals surface area contributed by atoms with Gasteiger partial charge >= 0.3 is 0 Å². The lowest BCUT2D eigenvalue weighted by Crippen LogP contribution is -2.11. The normalized spacial score (nSPS) is 10.6. The second-order valence-electron chi connectivity index (χ2n) is 4.57. The van der Waals surface area contributed by atoms with Gasteiger partial charge in [0.05, 0.1) is 11.2 Å². The molecule has 114 valence electrons. The Hall–Kier alpha value is -1.73. The highest BCUT2D eigenvalue weighted by Gasteiger charge is 2.04. The zero-order valence-corrected chi connectivity index (χ0v) is 13.2. The summed E-state index contributed by atoms with van der Waals surface area (Å²) < 4.78 is 5.12. The van der Waals surface area contributed by atoms with E-state index >= 15 is 0 Å². The summed E-state index contributed by atoms with van der Waals surface area (Å²) >= 11 is 1.62. The number of ether oxygens (including phenoxy) is 1. The molecule has 2 aromatic rings. The molecule has 0 bridgehead atoms. The lowest BCUT2D eigenvalue weighted by molar-refractivity contribution is 0.178. The van der Waals surface area contributed by atoms with Gasteiger partial charge < -0.3 is 15.4 Å². The summed E-state index contributed by atoms with van der Waals surface area (Å²) in [6.45, 7) is 4.21. The molecule has 0 saturated carbocycles. The Morgan fingerprint density at radius 1 is 1.19 bits per heavy atom. The molecule has 0 amide bonds. The molecule has 6 nitrogen and oxygen atoms in total. The minimum atomic E-state index is 0.405. The Morgan fingerprint density at radius 3 is 2.57 bits per heavy atom. The van der Waals surface area contributed by atoms with Gasteiger partial charge in [-0.25, -0.2) is 15.0 Å². The Balaban J connectivity index is 1.97. The van der Waals surface area contributed by atoms with Gasteiger partial charge in [0.1, 0.15) is 18.2 Å². The van der Waals surface area contributed by atoms with Gasteiger partial charge in [0.25, 0.3) is 0 Å². The Labute approximate surface area is 129 Å². The predicted molar refractivity (Wildman–Crippen MR) is 85.8 cm³/mol. The second-order valence-corrected chi connectivity index (χ2v) is 5.29. The number of nitrogens with one attached hydrogen (secondary N) is 2. The van der Waals surface area contributed by atoms with Crippen LogP contribution in [0.4, 0.5) is 11.6 Å². The summed E-state index contributed by atoms with van der Waals surface area (Å²) in [5.74, 6) is 2.32. The average Bonchev–Trinajstić information content (AvgIpc) is 2.99. The fourth-order valence-electron chi connectivity index (χ4n) is 1.80. The number of hydrogen-bond acceptors (Lipinski definition) is 7. The van der Waals surface area contributed by atoms with Crippen molar-refractivity contribution in [1.29, 1.82) is 0 Å². The van der Waals surface area contributed by atoms with Crippen LogP contribution in [0.3, 0.4) is 0 Å². The van der Waals surface area contributed by atoms with Crippen molar-refractivity contribution in [3.63, 3.8) is 0 Å².